The van der Waals surface area contributed by atoms with Gasteiger partial charge in [-0.05, 0) is 19.8 Å². The number of hydrogen-bond acceptors (Lipinski definition) is 5. The van der Waals surface area contributed by atoms with Crippen LogP contribution in [0.25, 0.3) is 0 Å². The maximum Gasteiger partial charge on any atom is 0.421 e. The molecule has 1 heterocycles. The number of ether oxygens (including phenoxy) is 1. The number of nitrogens with zero attached hydrogens (tertiary/aromatic N) is 1. The summed E-state index contributed by atoms with van der Waals surface area (Å²) in [6.07, 6.45) is 1.64. The summed E-state index contributed by atoms with van der Waals surface area (Å²) in [6.45, 7) is 2.05. The molecule has 0 bridgehead atoms. The second kappa shape index (κ2) is 6.18. The molecule has 8 heteroatoms. The highest BCUT2D eigenvalue weighted by molar-refractivity contribution is 7.87. The number of carbonyl (C=O) groups is 1. The van der Waals surface area contributed by atoms with Gasteiger partial charge in [-0.2, -0.15) is 12.7 Å². The minimum atomic E-state index is -3.89. The third-order valence-electron chi connectivity index (χ3n) is 2.54. The van der Waals surface area contributed by atoms with Crippen LogP contribution in [0.3, 0.4) is 0 Å². The van der Waals surface area contributed by atoms with E-state index in [9.17, 15) is 13.2 Å². The van der Waals surface area contributed by atoms with Crippen molar-refractivity contribution < 1.29 is 17.9 Å². The molecule has 0 aliphatic carbocycles. The van der Waals surface area contributed by atoms with Crippen LogP contribution >= 0.6 is 0 Å². The van der Waals surface area contributed by atoms with Crippen LogP contribution < -0.4 is 10.5 Å². The second-order valence-corrected chi connectivity index (χ2v) is 5.48. The molecule has 1 atom stereocenters. The molecule has 1 aliphatic rings. The molecular weight excluding hydrogens is 246 g/mol. The Balaban J connectivity index is 2.70. The smallest absolute Gasteiger partial charge is 0.421 e. The molecule has 0 radical (unpaired) electrons. The number of hydrogen-bond donors (Lipinski definition) is 2. The molecule has 0 spiro atoms. The van der Waals surface area contributed by atoms with Gasteiger partial charge in [-0.15, -0.1) is 0 Å². The van der Waals surface area contributed by atoms with E-state index in [4.69, 9.17) is 5.73 Å². The first-order valence-corrected chi connectivity index (χ1v) is 7.13. The summed E-state index contributed by atoms with van der Waals surface area (Å²) in [5.41, 5.74) is 5.77. The van der Waals surface area contributed by atoms with Gasteiger partial charge in [0, 0.05) is 6.54 Å². The molecule has 100 valence electrons. The van der Waals surface area contributed by atoms with Crippen molar-refractivity contribution in [2.75, 3.05) is 13.2 Å². The number of carbonyl (C=O) groups excluding carboxylic acids is 1. The van der Waals surface area contributed by atoms with Crippen LogP contribution in [0.1, 0.15) is 32.6 Å². The fraction of sp³-hybridized carbons (Fsp3) is 0.889. The van der Waals surface area contributed by atoms with Gasteiger partial charge in [-0.25, -0.2) is 9.52 Å². The van der Waals surface area contributed by atoms with Gasteiger partial charge >= 0.3 is 16.3 Å². The Morgan fingerprint density at radius 3 is 2.82 bits per heavy atom. The fourth-order valence-electron chi connectivity index (χ4n) is 1.73. The first kappa shape index (κ1) is 14.2. The van der Waals surface area contributed by atoms with E-state index < -0.39 is 22.5 Å². The normalized spacial score (nSPS) is 22.8. The van der Waals surface area contributed by atoms with Crippen LogP contribution in [-0.4, -0.2) is 38.1 Å². The molecule has 0 aromatic heterocycles. The van der Waals surface area contributed by atoms with Gasteiger partial charge in [0.05, 0.1) is 12.8 Å². The third-order valence-corrected chi connectivity index (χ3v) is 4.04. The number of rotatable bonds is 3. The van der Waals surface area contributed by atoms with E-state index >= 15 is 0 Å². The SMILES string of the molecule is CCOC(=O)NS(=O)(=O)N1CCCCCC1N. The van der Waals surface area contributed by atoms with E-state index in [0.717, 1.165) is 23.6 Å². The van der Waals surface area contributed by atoms with Gasteiger partial charge in [0.15, 0.2) is 0 Å². The minimum absolute atomic E-state index is 0.118. The summed E-state index contributed by atoms with van der Waals surface area (Å²) in [5.74, 6) is 0. The Morgan fingerprint density at radius 1 is 1.47 bits per heavy atom. The molecule has 1 aliphatic heterocycles. The zero-order valence-electron chi connectivity index (χ0n) is 9.89. The van der Waals surface area contributed by atoms with E-state index in [1.54, 1.807) is 6.92 Å². The molecule has 0 saturated carbocycles. The van der Waals surface area contributed by atoms with Gasteiger partial charge < -0.3 is 10.5 Å². The van der Waals surface area contributed by atoms with Crippen molar-refractivity contribution in [2.24, 2.45) is 5.73 Å². The average molecular weight is 265 g/mol. The molecule has 1 rings (SSSR count). The van der Waals surface area contributed by atoms with Crippen LogP contribution in [0.5, 0.6) is 0 Å². The van der Waals surface area contributed by atoms with Gasteiger partial charge in [0.1, 0.15) is 0 Å². The van der Waals surface area contributed by atoms with E-state index in [1.165, 1.54) is 0 Å². The Morgan fingerprint density at radius 2 is 2.18 bits per heavy atom. The monoisotopic (exact) mass is 265 g/mol. The van der Waals surface area contributed by atoms with Gasteiger partial charge in [0.2, 0.25) is 0 Å². The summed E-state index contributed by atoms with van der Waals surface area (Å²) in [7, 11) is -3.89. The van der Waals surface area contributed by atoms with Crippen molar-refractivity contribution in [3.63, 3.8) is 0 Å². The van der Waals surface area contributed by atoms with E-state index in [2.05, 4.69) is 4.74 Å². The lowest BCUT2D eigenvalue weighted by atomic mass is 10.2. The van der Waals surface area contributed by atoms with Gasteiger partial charge in [0.25, 0.3) is 0 Å². The second-order valence-electron chi connectivity index (χ2n) is 3.85. The molecule has 1 saturated heterocycles. The maximum atomic E-state index is 11.9. The van der Waals surface area contributed by atoms with Crippen molar-refractivity contribution in [1.82, 2.24) is 9.03 Å². The predicted molar refractivity (Wildman–Crippen MR) is 62.2 cm³/mol. The zero-order chi connectivity index (χ0) is 12.9. The number of amides is 1. The summed E-state index contributed by atoms with van der Waals surface area (Å²) in [5, 5.41) is 0. The lowest BCUT2D eigenvalue weighted by molar-refractivity contribution is 0.157. The van der Waals surface area contributed by atoms with E-state index in [1.807, 2.05) is 4.72 Å². The fourth-order valence-corrected chi connectivity index (χ4v) is 2.95. The Hall–Kier alpha value is -0.860. The van der Waals surface area contributed by atoms with Crippen LogP contribution in [0.4, 0.5) is 4.79 Å². The van der Waals surface area contributed by atoms with Gasteiger partial charge in [-0.1, -0.05) is 12.8 Å². The van der Waals surface area contributed by atoms with Gasteiger partial charge in [-0.3, -0.25) is 0 Å². The largest absolute Gasteiger partial charge is 0.449 e. The highest BCUT2D eigenvalue weighted by atomic mass is 32.2. The summed E-state index contributed by atoms with van der Waals surface area (Å²) < 4.78 is 31.2. The Bertz CT molecular complexity index is 357. The molecule has 7 nitrogen and oxygen atoms in total. The highest BCUT2D eigenvalue weighted by Crippen LogP contribution is 2.16. The molecule has 17 heavy (non-hydrogen) atoms. The standard InChI is InChI=1S/C9H19N3O4S/c1-2-16-9(13)11-17(14,15)12-7-5-3-4-6-8(12)10/h8H,2-7,10H2,1H3,(H,11,13). The molecule has 0 aromatic rings. The summed E-state index contributed by atoms with van der Waals surface area (Å²) in [4.78, 5) is 11.1. The lowest BCUT2D eigenvalue weighted by Crippen LogP contribution is -2.51. The summed E-state index contributed by atoms with van der Waals surface area (Å²) >= 11 is 0. The molecule has 3 N–H and O–H groups in total. The van der Waals surface area contributed by atoms with E-state index in [0.29, 0.717) is 13.0 Å². The maximum absolute atomic E-state index is 11.9. The Kier molecular flexibility index (Phi) is 5.16. The van der Waals surface area contributed by atoms with Crippen molar-refractivity contribution in [3.05, 3.63) is 0 Å². The van der Waals surface area contributed by atoms with Crippen LogP contribution in [0, 0.1) is 0 Å². The molecule has 1 unspecified atom stereocenters. The van der Waals surface area contributed by atoms with Crippen LogP contribution in [0.15, 0.2) is 0 Å². The zero-order valence-corrected chi connectivity index (χ0v) is 10.7. The van der Waals surface area contributed by atoms with Crippen LogP contribution in [-0.2, 0) is 14.9 Å². The van der Waals surface area contributed by atoms with Crippen molar-refractivity contribution in [1.29, 1.82) is 0 Å². The molecule has 1 amide bonds. The molecular formula is C9H19N3O4S. The topological polar surface area (TPSA) is 102 Å². The van der Waals surface area contributed by atoms with E-state index in [-0.39, 0.29) is 6.61 Å². The van der Waals surface area contributed by atoms with Crippen molar-refractivity contribution in [2.45, 2.75) is 38.8 Å². The first-order valence-electron chi connectivity index (χ1n) is 5.69. The third kappa shape index (κ3) is 4.14. The summed E-state index contributed by atoms with van der Waals surface area (Å²) in [6, 6.07) is 0. The predicted octanol–water partition coefficient (Wildman–Crippen LogP) is 0.138. The van der Waals surface area contributed by atoms with Crippen LogP contribution in [0.2, 0.25) is 0 Å². The quantitative estimate of drug-likeness (QED) is 0.755. The molecule has 0 aromatic carbocycles. The lowest BCUT2D eigenvalue weighted by Gasteiger charge is -2.25. The number of nitrogens with one attached hydrogen (secondary N) is 1. The number of nitrogens with two attached hydrogens (primary N) is 1. The minimum Gasteiger partial charge on any atom is -0.449 e. The van der Waals surface area contributed by atoms with Crippen molar-refractivity contribution >= 4 is 16.3 Å². The first-order chi connectivity index (χ1) is 7.97. The van der Waals surface area contributed by atoms with Crippen molar-refractivity contribution in [3.8, 4) is 0 Å². The average Bonchev–Trinajstić information content (AvgIpc) is 2.42. The highest BCUT2D eigenvalue weighted by Gasteiger charge is 2.30. The molecule has 1 fully saturated rings. The Labute approximate surface area is 101 Å².